The van der Waals surface area contributed by atoms with Crippen LogP contribution < -0.4 is 10.2 Å². The van der Waals surface area contributed by atoms with Crippen LogP contribution in [0.1, 0.15) is 31.3 Å². The van der Waals surface area contributed by atoms with E-state index >= 15 is 0 Å². The van der Waals surface area contributed by atoms with Crippen LogP contribution in [0, 0.1) is 0 Å². The number of carboxylic acids is 1. The second-order valence-electron chi connectivity index (χ2n) is 5.77. The zero-order chi connectivity index (χ0) is 18.4. The number of hydrogen-bond donors (Lipinski definition) is 3. The first-order valence-electron chi connectivity index (χ1n) is 8.23. The molecule has 2 aromatic heterocycles. The molecule has 136 valence electrons. The Bertz CT molecular complexity index is 739. The van der Waals surface area contributed by atoms with Gasteiger partial charge in [-0.15, -0.1) is 0 Å². The molecule has 3 rings (SSSR count). The molecule has 0 aromatic carbocycles. The lowest BCUT2D eigenvalue weighted by molar-refractivity contribution is -0.134. The molecule has 0 radical (unpaired) electrons. The summed E-state index contributed by atoms with van der Waals surface area (Å²) in [5.74, 6) is -0.934. The molecule has 0 spiro atoms. The van der Waals surface area contributed by atoms with Crippen molar-refractivity contribution in [1.82, 2.24) is 15.3 Å². The van der Waals surface area contributed by atoms with E-state index in [9.17, 15) is 4.79 Å². The number of rotatable bonds is 3. The Hall–Kier alpha value is -2.61. The minimum atomic E-state index is -0.833. The molecule has 2 aromatic rings. The van der Waals surface area contributed by atoms with Gasteiger partial charge < -0.3 is 25.0 Å². The van der Waals surface area contributed by atoms with E-state index < -0.39 is 5.97 Å². The lowest BCUT2D eigenvalue weighted by atomic mass is 10.2. The van der Waals surface area contributed by atoms with Gasteiger partial charge in [-0.1, -0.05) is 0 Å². The van der Waals surface area contributed by atoms with Crippen LogP contribution in [0.5, 0.6) is 0 Å². The van der Waals surface area contributed by atoms with Crippen LogP contribution in [-0.4, -0.2) is 59.3 Å². The van der Waals surface area contributed by atoms with E-state index in [1.807, 2.05) is 19.1 Å². The van der Waals surface area contributed by atoms with E-state index in [0.29, 0.717) is 18.3 Å². The molecule has 0 bridgehead atoms. The first-order chi connectivity index (χ1) is 11.9. The topological polar surface area (TPSA) is 108 Å². The van der Waals surface area contributed by atoms with Crippen molar-refractivity contribution in [3.8, 4) is 0 Å². The second-order valence-corrected chi connectivity index (χ2v) is 5.77. The molecule has 3 N–H and O–H groups in total. The summed E-state index contributed by atoms with van der Waals surface area (Å²) in [5, 5.41) is 11.2. The average Bonchev–Trinajstić information content (AvgIpc) is 2.99. The number of hydrogen-bond acceptors (Lipinski definition) is 5. The van der Waals surface area contributed by atoms with Crippen molar-refractivity contribution in [1.29, 1.82) is 0 Å². The fraction of sp³-hybridized carbons (Fsp3) is 0.471. The van der Waals surface area contributed by atoms with Crippen molar-refractivity contribution >= 4 is 28.6 Å². The molecular formula is C17H24N4O4. The summed E-state index contributed by atoms with van der Waals surface area (Å²) in [6.45, 7) is 8.03. The maximum atomic E-state index is 12.0. The fourth-order valence-electron chi connectivity index (χ4n) is 2.73. The van der Waals surface area contributed by atoms with Crippen molar-refractivity contribution in [2.24, 2.45) is 0 Å². The molecule has 8 nitrogen and oxygen atoms in total. The number of ether oxygens (including phenoxy) is 1. The summed E-state index contributed by atoms with van der Waals surface area (Å²) >= 11 is 0. The van der Waals surface area contributed by atoms with E-state index in [0.717, 1.165) is 43.4 Å². The average molecular weight is 348 g/mol. The SMILES string of the molecule is CC(=O)O.CCNC(=O)c1cc2c(N3CCOC[C@@H]3C)ccnc2[nH]1. The summed E-state index contributed by atoms with van der Waals surface area (Å²) in [5.41, 5.74) is 2.39. The van der Waals surface area contributed by atoms with Crippen LogP contribution >= 0.6 is 0 Å². The number of nitrogens with one attached hydrogen (secondary N) is 2. The third-order valence-corrected chi connectivity index (χ3v) is 3.77. The minimum absolute atomic E-state index is 0.100. The molecule has 0 saturated carbocycles. The number of carbonyl (C=O) groups excluding carboxylic acids is 1. The van der Waals surface area contributed by atoms with Gasteiger partial charge in [-0.05, 0) is 26.0 Å². The molecule has 0 unspecified atom stereocenters. The fourth-order valence-corrected chi connectivity index (χ4v) is 2.73. The predicted octanol–water partition coefficient (Wildman–Crippen LogP) is 1.63. The number of aromatic amines is 1. The Balaban J connectivity index is 0.000000511. The molecule has 1 fully saturated rings. The van der Waals surface area contributed by atoms with Gasteiger partial charge in [0.1, 0.15) is 11.3 Å². The molecule has 1 saturated heterocycles. The highest BCUT2D eigenvalue weighted by Crippen LogP contribution is 2.28. The number of carbonyl (C=O) groups is 2. The maximum absolute atomic E-state index is 12.0. The predicted molar refractivity (Wildman–Crippen MR) is 95.0 cm³/mol. The minimum Gasteiger partial charge on any atom is -0.481 e. The summed E-state index contributed by atoms with van der Waals surface area (Å²) in [6, 6.07) is 4.19. The number of anilines is 1. The van der Waals surface area contributed by atoms with Gasteiger partial charge in [0.15, 0.2) is 0 Å². The lowest BCUT2D eigenvalue weighted by Gasteiger charge is -2.35. The first kappa shape index (κ1) is 18.7. The number of pyridine rings is 1. The normalized spacial score (nSPS) is 16.9. The van der Waals surface area contributed by atoms with Crippen molar-refractivity contribution in [3.63, 3.8) is 0 Å². The molecule has 0 aliphatic carbocycles. The highest BCUT2D eigenvalue weighted by molar-refractivity contribution is 6.00. The van der Waals surface area contributed by atoms with Crippen LogP contribution in [0.3, 0.4) is 0 Å². The summed E-state index contributed by atoms with van der Waals surface area (Å²) in [7, 11) is 0. The Morgan fingerprint density at radius 3 is 2.88 bits per heavy atom. The van der Waals surface area contributed by atoms with Gasteiger partial charge in [0, 0.05) is 43.3 Å². The zero-order valence-electron chi connectivity index (χ0n) is 14.7. The van der Waals surface area contributed by atoms with Crippen LogP contribution in [0.25, 0.3) is 11.0 Å². The highest BCUT2D eigenvalue weighted by atomic mass is 16.5. The van der Waals surface area contributed by atoms with Crippen LogP contribution in [0.15, 0.2) is 18.3 Å². The monoisotopic (exact) mass is 348 g/mol. The summed E-state index contributed by atoms with van der Waals surface area (Å²) in [4.78, 5) is 30.7. The smallest absolute Gasteiger partial charge is 0.300 e. The van der Waals surface area contributed by atoms with E-state index in [4.69, 9.17) is 14.6 Å². The molecule has 1 aliphatic rings. The molecule has 8 heteroatoms. The molecule has 1 atom stereocenters. The number of aromatic nitrogens is 2. The molecule has 3 heterocycles. The maximum Gasteiger partial charge on any atom is 0.300 e. The van der Waals surface area contributed by atoms with Gasteiger partial charge in [-0.3, -0.25) is 9.59 Å². The molecule has 1 amide bonds. The summed E-state index contributed by atoms with van der Waals surface area (Å²) in [6.07, 6.45) is 1.78. The number of morpholine rings is 1. The Kier molecular flexibility index (Phi) is 6.35. The van der Waals surface area contributed by atoms with Gasteiger partial charge in [0.2, 0.25) is 0 Å². The summed E-state index contributed by atoms with van der Waals surface area (Å²) < 4.78 is 5.49. The van der Waals surface area contributed by atoms with Gasteiger partial charge >= 0.3 is 0 Å². The Labute approximate surface area is 146 Å². The van der Waals surface area contributed by atoms with Crippen LogP contribution in [-0.2, 0) is 9.53 Å². The molecule has 25 heavy (non-hydrogen) atoms. The number of H-pyrrole nitrogens is 1. The van der Waals surface area contributed by atoms with E-state index in [1.165, 1.54) is 0 Å². The third kappa shape index (κ3) is 4.69. The van der Waals surface area contributed by atoms with Crippen molar-refractivity contribution in [2.75, 3.05) is 31.2 Å². The van der Waals surface area contributed by atoms with E-state index in [-0.39, 0.29) is 5.91 Å². The number of carboxylic acid groups (broad SMARTS) is 1. The zero-order valence-corrected chi connectivity index (χ0v) is 14.7. The first-order valence-corrected chi connectivity index (χ1v) is 8.23. The van der Waals surface area contributed by atoms with Crippen molar-refractivity contribution < 1.29 is 19.4 Å². The number of fused-ring (bicyclic) bond motifs is 1. The quantitative estimate of drug-likeness (QED) is 0.778. The molecular weight excluding hydrogens is 324 g/mol. The van der Waals surface area contributed by atoms with E-state index in [2.05, 4.69) is 27.1 Å². The number of aliphatic carboxylic acids is 1. The van der Waals surface area contributed by atoms with Gasteiger partial charge in [-0.2, -0.15) is 0 Å². The molecule has 1 aliphatic heterocycles. The third-order valence-electron chi connectivity index (χ3n) is 3.77. The Morgan fingerprint density at radius 2 is 2.24 bits per heavy atom. The van der Waals surface area contributed by atoms with Crippen LogP contribution in [0.4, 0.5) is 5.69 Å². The van der Waals surface area contributed by atoms with E-state index in [1.54, 1.807) is 6.20 Å². The second kappa shape index (κ2) is 8.48. The largest absolute Gasteiger partial charge is 0.481 e. The standard InChI is InChI=1S/C15H20N4O2.C2H4O2/c1-3-16-15(20)12-8-11-13(4-5-17-14(11)18-12)19-6-7-21-9-10(19)2;1-2(3)4/h4-5,8,10H,3,6-7,9H2,1-2H3,(H,16,20)(H,17,18);1H3,(H,3,4)/t10-;/m0./s1. The number of amides is 1. The van der Waals surface area contributed by atoms with Gasteiger partial charge in [-0.25, -0.2) is 4.98 Å². The highest BCUT2D eigenvalue weighted by Gasteiger charge is 2.22. The number of nitrogens with zero attached hydrogens (tertiary/aromatic N) is 2. The lowest BCUT2D eigenvalue weighted by Crippen LogP contribution is -2.43. The van der Waals surface area contributed by atoms with Crippen LogP contribution in [0.2, 0.25) is 0 Å². The van der Waals surface area contributed by atoms with Crippen molar-refractivity contribution in [2.45, 2.75) is 26.8 Å². The Morgan fingerprint density at radius 1 is 1.52 bits per heavy atom. The van der Waals surface area contributed by atoms with Gasteiger partial charge in [0.05, 0.1) is 13.2 Å². The van der Waals surface area contributed by atoms with Crippen molar-refractivity contribution in [3.05, 3.63) is 24.0 Å². The van der Waals surface area contributed by atoms with Gasteiger partial charge in [0.25, 0.3) is 11.9 Å².